The Hall–Kier alpha value is -2.60. The average Bonchev–Trinajstić information content (AvgIpc) is 2.73. The van der Waals surface area contributed by atoms with Crippen molar-refractivity contribution in [2.45, 2.75) is 39.5 Å². The van der Waals surface area contributed by atoms with Gasteiger partial charge in [0, 0.05) is 0 Å². The molecule has 0 heteroatoms. The van der Waals surface area contributed by atoms with Crippen LogP contribution in [0.3, 0.4) is 0 Å². The van der Waals surface area contributed by atoms with Crippen LogP contribution in [0.4, 0.5) is 0 Å². The summed E-state index contributed by atoms with van der Waals surface area (Å²) in [6.07, 6.45) is 4.86. The van der Waals surface area contributed by atoms with E-state index in [2.05, 4.69) is 98.8 Å². The molecule has 0 fully saturated rings. The van der Waals surface area contributed by atoms with Gasteiger partial charge in [0.25, 0.3) is 0 Å². The van der Waals surface area contributed by atoms with Gasteiger partial charge in [-0.1, -0.05) is 112 Å². The van der Waals surface area contributed by atoms with Crippen LogP contribution in [0, 0.1) is 11.8 Å². The molecule has 0 radical (unpaired) electrons. The third-order valence-corrected chi connectivity index (χ3v) is 6.17. The van der Waals surface area contributed by atoms with Gasteiger partial charge in [0.1, 0.15) is 0 Å². The highest BCUT2D eigenvalue weighted by Crippen LogP contribution is 2.28. The summed E-state index contributed by atoms with van der Waals surface area (Å²) in [5, 5.41) is 5.37. The molecule has 4 aromatic carbocycles. The van der Waals surface area contributed by atoms with Gasteiger partial charge < -0.3 is 0 Å². The quantitative estimate of drug-likeness (QED) is 0.312. The van der Waals surface area contributed by atoms with E-state index in [1.54, 1.807) is 0 Å². The summed E-state index contributed by atoms with van der Waals surface area (Å²) in [7, 11) is 0. The van der Waals surface area contributed by atoms with Crippen LogP contribution in [0.2, 0.25) is 0 Å². The van der Waals surface area contributed by atoms with E-state index in [1.807, 2.05) is 0 Å². The highest BCUT2D eigenvalue weighted by molar-refractivity contribution is 5.83. The lowest BCUT2D eigenvalue weighted by Crippen LogP contribution is -2.17. The van der Waals surface area contributed by atoms with E-state index in [1.165, 1.54) is 45.5 Å². The number of fused-ring (bicyclic) bond motifs is 2. The van der Waals surface area contributed by atoms with Gasteiger partial charge in [0.15, 0.2) is 0 Å². The van der Waals surface area contributed by atoms with E-state index < -0.39 is 0 Å². The summed E-state index contributed by atoms with van der Waals surface area (Å²) in [6, 6.07) is 31.4. The third-order valence-electron chi connectivity index (χ3n) is 6.17. The van der Waals surface area contributed by atoms with Crippen molar-refractivity contribution in [1.82, 2.24) is 0 Å². The van der Waals surface area contributed by atoms with Gasteiger partial charge >= 0.3 is 0 Å². The molecule has 0 amide bonds. The first-order valence-corrected chi connectivity index (χ1v) is 10.7. The van der Waals surface area contributed by atoms with E-state index in [9.17, 15) is 0 Å². The second-order valence-corrected chi connectivity index (χ2v) is 8.30. The fraction of sp³-hybridized carbons (Fsp3) is 0.286. The van der Waals surface area contributed by atoms with Crippen molar-refractivity contribution in [3.05, 3.63) is 96.1 Å². The molecule has 0 aliphatic rings. The van der Waals surface area contributed by atoms with E-state index in [-0.39, 0.29) is 0 Å². The number of benzene rings is 4. The van der Waals surface area contributed by atoms with E-state index in [0.29, 0.717) is 5.92 Å². The molecule has 4 rings (SSSR count). The first kappa shape index (κ1) is 18.7. The molecule has 1 atom stereocenters. The Bertz CT molecular complexity index is 978. The largest absolute Gasteiger partial charge is 0.0654 e. The van der Waals surface area contributed by atoms with Gasteiger partial charge in [0.05, 0.1) is 0 Å². The molecule has 0 saturated heterocycles. The molecule has 0 heterocycles. The zero-order valence-electron chi connectivity index (χ0n) is 17.1. The molecule has 1 unspecified atom stereocenters. The van der Waals surface area contributed by atoms with Gasteiger partial charge in [-0.05, 0) is 57.3 Å². The minimum atomic E-state index is 0.669. The molecule has 0 spiro atoms. The Labute approximate surface area is 169 Å². The van der Waals surface area contributed by atoms with Crippen molar-refractivity contribution in [2.24, 2.45) is 11.8 Å². The Morgan fingerprint density at radius 3 is 1.54 bits per heavy atom. The molecule has 142 valence electrons. The Kier molecular flexibility index (Phi) is 5.76. The summed E-state index contributed by atoms with van der Waals surface area (Å²) >= 11 is 0. The summed E-state index contributed by atoms with van der Waals surface area (Å²) in [4.78, 5) is 0. The lowest BCUT2D eigenvalue weighted by molar-refractivity contribution is 0.331. The summed E-state index contributed by atoms with van der Waals surface area (Å²) in [5.74, 6) is 1.39. The summed E-state index contributed by atoms with van der Waals surface area (Å²) < 4.78 is 0. The second-order valence-electron chi connectivity index (χ2n) is 8.30. The number of hydrogen-bond donors (Lipinski definition) is 0. The average molecular weight is 367 g/mol. The molecule has 0 saturated carbocycles. The monoisotopic (exact) mass is 366 g/mol. The van der Waals surface area contributed by atoms with Crippen molar-refractivity contribution >= 4 is 21.5 Å². The van der Waals surface area contributed by atoms with Crippen molar-refractivity contribution < 1.29 is 0 Å². The van der Waals surface area contributed by atoms with Gasteiger partial charge in [-0.2, -0.15) is 0 Å². The predicted octanol–water partition coefficient (Wildman–Crippen LogP) is 7.83. The zero-order chi connectivity index (χ0) is 19.3. The van der Waals surface area contributed by atoms with Crippen molar-refractivity contribution in [1.29, 1.82) is 0 Å². The van der Waals surface area contributed by atoms with E-state index in [4.69, 9.17) is 0 Å². The second kappa shape index (κ2) is 8.61. The fourth-order valence-corrected chi connectivity index (χ4v) is 4.50. The first-order valence-electron chi connectivity index (χ1n) is 10.7. The van der Waals surface area contributed by atoms with Gasteiger partial charge in [-0.25, -0.2) is 0 Å². The lowest BCUT2D eigenvalue weighted by atomic mass is 9.80. The van der Waals surface area contributed by atoms with Gasteiger partial charge in [-0.15, -0.1) is 0 Å². The molecule has 0 N–H and O–H groups in total. The SMILES string of the molecule is CCCC(C)C(Cc1ccc2ccccc2c1)Cc1ccc2ccccc2c1. The van der Waals surface area contributed by atoms with Crippen LogP contribution in [-0.2, 0) is 12.8 Å². The number of rotatable bonds is 7. The summed E-state index contributed by atoms with van der Waals surface area (Å²) in [5.41, 5.74) is 2.93. The van der Waals surface area contributed by atoms with Crippen LogP contribution >= 0.6 is 0 Å². The molecular weight excluding hydrogens is 336 g/mol. The highest BCUT2D eigenvalue weighted by Gasteiger charge is 2.18. The van der Waals surface area contributed by atoms with Crippen LogP contribution in [-0.4, -0.2) is 0 Å². The molecule has 0 nitrogen and oxygen atoms in total. The number of hydrogen-bond acceptors (Lipinski definition) is 0. The van der Waals surface area contributed by atoms with Gasteiger partial charge in [-0.3, -0.25) is 0 Å². The molecule has 0 aliphatic heterocycles. The van der Waals surface area contributed by atoms with Crippen molar-refractivity contribution in [3.63, 3.8) is 0 Å². The molecule has 28 heavy (non-hydrogen) atoms. The van der Waals surface area contributed by atoms with Gasteiger partial charge in [0.2, 0.25) is 0 Å². The zero-order valence-corrected chi connectivity index (χ0v) is 17.1. The first-order chi connectivity index (χ1) is 13.7. The maximum absolute atomic E-state index is 2.44. The standard InChI is InChI=1S/C28H30/c1-3-8-21(2)28(19-22-13-15-24-9-4-6-11-26(24)17-22)20-23-14-16-25-10-5-7-12-27(25)18-23/h4-7,9-18,21,28H,3,8,19-20H2,1-2H3. The van der Waals surface area contributed by atoms with E-state index >= 15 is 0 Å². The fourth-order valence-electron chi connectivity index (χ4n) is 4.50. The highest BCUT2D eigenvalue weighted by atomic mass is 14.2. The van der Waals surface area contributed by atoms with Crippen LogP contribution < -0.4 is 0 Å². The topological polar surface area (TPSA) is 0 Å². The predicted molar refractivity (Wildman–Crippen MR) is 123 cm³/mol. The van der Waals surface area contributed by atoms with Crippen LogP contribution in [0.5, 0.6) is 0 Å². The Balaban J connectivity index is 1.59. The van der Waals surface area contributed by atoms with Crippen LogP contribution in [0.15, 0.2) is 84.9 Å². The maximum atomic E-state index is 2.44. The minimum Gasteiger partial charge on any atom is -0.0654 e. The lowest BCUT2D eigenvalue weighted by Gasteiger charge is -2.24. The smallest absolute Gasteiger partial charge is 0.0181 e. The van der Waals surface area contributed by atoms with Crippen molar-refractivity contribution in [3.8, 4) is 0 Å². The Morgan fingerprint density at radius 2 is 1.07 bits per heavy atom. The molecular formula is C28H30. The minimum absolute atomic E-state index is 0.669. The van der Waals surface area contributed by atoms with Crippen LogP contribution in [0.1, 0.15) is 37.8 Å². The molecule has 0 aliphatic carbocycles. The third kappa shape index (κ3) is 4.28. The molecule has 0 bridgehead atoms. The van der Waals surface area contributed by atoms with Crippen LogP contribution in [0.25, 0.3) is 21.5 Å². The van der Waals surface area contributed by atoms with Crippen molar-refractivity contribution in [2.75, 3.05) is 0 Å². The molecule has 4 aromatic rings. The Morgan fingerprint density at radius 1 is 0.607 bits per heavy atom. The molecule has 0 aromatic heterocycles. The normalized spacial score (nSPS) is 12.7. The summed E-state index contributed by atoms with van der Waals surface area (Å²) in [6.45, 7) is 4.75. The van der Waals surface area contributed by atoms with E-state index in [0.717, 1.165) is 18.8 Å². The maximum Gasteiger partial charge on any atom is -0.0181 e.